The highest BCUT2D eigenvalue weighted by Crippen LogP contribution is 2.57. The molecule has 0 unspecified atom stereocenters. The smallest absolute Gasteiger partial charge is 0.233 e. The first-order valence-electron chi connectivity index (χ1n) is 11.7. The first kappa shape index (κ1) is 23.1. The van der Waals surface area contributed by atoms with Crippen LogP contribution >= 0.6 is 0 Å². The van der Waals surface area contributed by atoms with Crippen molar-refractivity contribution in [3.63, 3.8) is 0 Å². The Morgan fingerprint density at radius 2 is 1.69 bits per heavy atom. The van der Waals surface area contributed by atoms with Crippen molar-refractivity contribution in [2.75, 3.05) is 20.8 Å². The van der Waals surface area contributed by atoms with Crippen molar-refractivity contribution in [2.45, 2.75) is 32.6 Å². The molecule has 0 saturated carbocycles. The molecular weight excluding hydrogens is 450 g/mol. The maximum Gasteiger partial charge on any atom is 0.233 e. The number of imide groups is 1. The van der Waals surface area contributed by atoms with Gasteiger partial charge in [-0.05, 0) is 38.7 Å². The zero-order valence-electron chi connectivity index (χ0n) is 20.1. The van der Waals surface area contributed by atoms with Crippen molar-refractivity contribution in [3.05, 3.63) is 52.1 Å². The SMILES string of the molecule is CCN1C(=O)[C@H]2[C@H](CC=C3[C@H](c4c(OC)cc(O)cc4OC)C4=C(C[C@H]32)C(=O)C(C)=CC4=O)C1=O. The van der Waals surface area contributed by atoms with Crippen LogP contribution in [0.4, 0.5) is 0 Å². The van der Waals surface area contributed by atoms with E-state index in [4.69, 9.17) is 9.47 Å². The summed E-state index contributed by atoms with van der Waals surface area (Å²) in [6.07, 6.45) is 3.88. The molecule has 0 bridgehead atoms. The van der Waals surface area contributed by atoms with Crippen LogP contribution in [-0.2, 0) is 19.2 Å². The topological polar surface area (TPSA) is 110 Å². The van der Waals surface area contributed by atoms with Gasteiger partial charge in [-0.2, -0.15) is 0 Å². The lowest BCUT2D eigenvalue weighted by Crippen LogP contribution is -2.40. The molecular formula is C27H27NO7. The summed E-state index contributed by atoms with van der Waals surface area (Å²) < 4.78 is 11.2. The highest BCUT2D eigenvalue weighted by Gasteiger charge is 2.56. The van der Waals surface area contributed by atoms with E-state index in [0.29, 0.717) is 46.7 Å². The number of phenols is 1. The molecule has 4 atom stereocenters. The van der Waals surface area contributed by atoms with E-state index >= 15 is 0 Å². The molecule has 2 amide bonds. The number of likely N-dealkylation sites (tertiary alicyclic amines) is 1. The number of amides is 2. The number of benzene rings is 1. The number of Topliss-reactive ketones (excluding diaryl/α,β-unsaturated/α-hetero) is 1. The third-order valence-corrected chi connectivity index (χ3v) is 7.79. The number of allylic oxidation sites excluding steroid dienone is 6. The monoisotopic (exact) mass is 477 g/mol. The number of phenolic OH excluding ortho intramolecular Hbond substituents is 1. The zero-order valence-corrected chi connectivity index (χ0v) is 20.1. The maximum absolute atomic E-state index is 13.4. The molecule has 1 heterocycles. The van der Waals surface area contributed by atoms with Crippen LogP contribution in [0.15, 0.2) is 46.6 Å². The van der Waals surface area contributed by atoms with E-state index in [1.807, 2.05) is 6.08 Å². The Morgan fingerprint density at radius 1 is 1.03 bits per heavy atom. The number of aromatic hydroxyl groups is 1. The van der Waals surface area contributed by atoms with Crippen LogP contribution in [-0.4, -0.2) is 54.2 Å². The molecule has 1 N–H and O–H groups in total. The fraction of sp³-hybridized carbons (Fsp3) is 0.407. The lowest BCUT2D eigenvalue weighted by Gasteiger charge is -2.42. The van der Waals surface area contributed by atoms with Crippen molar-refractivity contribution in [3.8, 4) is 17.2 Å². The summed E-state index contributed by atoms with van der Waals surface area (Å²) in [5, 5.41) is 10.2. The first-order chi connectivity index (χ1) is 16.7. The first-order valence-corrected chi connectivity index (χ1v) is 11.7. The van der Waals surface area contributed by atoms with E-state index < -0.39 is 23.7 Å². The summed E-state index contributed by atoms with van der Waals surface area (Å²) in [6.45, 7) is 3.68. The number of rotatable bonds is 4. The molecule has 8 heteroatoms. The van der Waals surface area contributed by atoms with E-state index in [1.54, 1.807) is 13.8 Å². The molecule has 5 rings (SSSR count). The molecule has 0 aromatic heterocycles. The summed E-state index contributed by atoms with van der Waals surface area (Å²) in [5.74, 6) is -2.59. The molecule has 0 radical (unpaired) electrons. The summed E-state index contributed by atoms with van der Waals surface area (Å²) in [7, 11) is 2.91. The molecule has 35 heavy (non-hydrogen) atoms. The number of ketones is 2. The van der Waals surface area contributed by atoms with Gasteiger partial charge in [-0.3, -0.25) is 24.1 Å². The quantitative estimate of drug-likeness (QED) is 0.403. The fourth-order valence-corrected chi connectivity index (χ4v) is 6.30. The standard InChI is InChI=1S/C27H27NO7/c1-5-28-26(32)15-7-6-14-16(21(15)27(28)33)11-17-22(18(30)8-12(2)25(17)31)23(14)24-19(34-3)9-13(29)10-20(24)35-4/h6,8-10,15-16,21,23,29H,5,7,11H2,1-4H3/t15-,16+,21-,23-/m0/s1. The van der Waals surface area contributed by atoms with Gasteiger partial charge in [0.25, 0.3) is 0 Å². The Bertz CT molecular complexity index is 1260. The molecule has 1 aliphatic heterocycles. The van der Waals surface area contributed by atoms with Gasteiger partial charge < -0.3 is 14.6 Å². The van der Waals surface area contributed by atoms with Gasteiger partial charge >= 0.3 is 0 Å². The van der Waals surface area contributed by atoms with Gasteiger partial charge in [0.1, 0.15) is 17.2 Å². The van der Waals surface area contributed by atoms with Gasteiger partial charge in [-0.15, -0.1) is 0 Å². The predicted molar refractivity (Wildman–Crippen MR) is 125 cm³/mol. The van der Waals surface area contributed by atoms with Crippen LogP contribution in [0.2, 0.25) is 0 Å². The van der Waals surface area contributed by atoms with Crippen molar-refractivity contribution < 1.29 is 33.8 Å². The Kier molecular flexibility index (Phi) is 5.42. The minimum absolute atomic E-state index is 0.0707. The summed E-state index contributed by atoms with van der Waals surface area (Å²) in [4.78, 5) is 54.3. The number of methoxy groups -OCH3 is 2. The van der Waals surface area contributed by atoms with Crippen molar-refractivity contribution in [2.24, 2.45) is 17.8 Å². The largest absolute Gasteiger partial charge is 0.508 e. The molecule has 182 valence electrons. The van der Waals surface area contributed by atoms with E-state index in [9.17, 15) is 24.3 Å². The molecule has 1 aromatic carbocycles. The molecule has 1 saturated heterocycles. The number of fused-ring (bicyclic) bond motifs is 3. The Labute approximate surface area is 202 Å². The van der Waals surface area contributed by atoms with Gasteiger partial charge in [0.15, 0.2) is 11.6 Å². The second-order valence-electron chi connectivity index (χ2n) is 9.41. The van der Waals surface area contributed by atoms with Crippen LogP contribution in [0, 0.1) is 17.8 Å². The van der Waals surface area contributed by atoms with Gasteiger partial charge in [0.2, 0.25) is 11.8 Å². The third-order valence-electron chi connectivity index (χ3n) is 7.79. The lowest BCUT2D eigenvalue weighted by molar-refractivity contribution is -0.139. The second kappa shape index (κ2) is 8.22. The van der Waals surface area contributed by atoms with Gasteiger partial charge in [-0.25, -0.2) is 0 Å². The van der Waals surface area contributed by atoms with Crippen molar-refractivity contribution in [1.82, 2.24) is 4.90 Å². The number of carbonyl (C=O) groups is 4. The highest BCUT2D eigenvalue weighted by atomic mass is 16.5. The number of hydrogen-bond donors (Lipinski definition) is 1. The number of nitrogens with zero attached hydrogens (tertiary/aromatic N) is 1. The van der Waals surface area contributed by atoms with Gasteiger partial charge in [0.05, 0.1) is 26.1 Å². The molecule has 0 spiro atoms. The van der Waals surface area contributed by atoms with E-state index in [-0.39, 0.29) is 35.6 Å². The Balaban J connectivity index is 1.77. The van der Waals surface area contributed by atoms with E-state index in [0.717, 1.165) is 5.57 Å². The highest BCUT2D eigenvalue weighted by molar-refractivity contribution is 6.23. The zero-order chi connectivity index (χ0) is 25.2. The van der Waals surface area contributed by atoms with Crippen LogP contribution in [0.25, 0.3) is 0 Å². The van der Waals surface area contributed by atoms with Crippen LogP contribution in [0.3, 0.4) is 0 Å². The lowest BCUT2D eigenvalue weighted by atomic mass is 9.59. The maximum atomic E-state index is 13.4. The normalized spacial score (nSPS) is 27.8. The van der Waals surface area contributed by atoms with Crippen molar-refractivity contribution >= 4 is 23.4 Å². The predicted octanol–water partition coefficient (Wildman–Crippen LogP) is 2.86. The van der Waals surface area contributed by atoms with Crippen LogP contribution < -0.4 is 9.47 Å². The van der Waals surface area contributed by atoms with E-state index in [1.165, 1.54) is 37.3 Å². The van der Waals surface area contributed by atoms with Gasteiger partial charge in [-0.1, -0.05) is 11.6 Å². The average Bonchev–Trinajstić information content (AvgIpc) is 3.09. The number of ether oxygens (including phenoxy) is 2. The number of carbonyl (C=O) groups excluding carboxylic acids is 4. The molecule has 3 aliphatic carbocycles. The molecule has 4 aliphatic rings. The molecule has 8 nitrogen and oxygen atoms in total. The van der Waals surface area contributed by atoms with Crippen molar-refractivity contribution in [1.29, 1.82) is 0 Å². The van der Waals surface area contributed by atoms with Crippen LogP contribution in [0.5, 0.6) is 17.2 Å². The Hall–Kier alpha value is -3.68. The minimum Gasteiger partial charge on any atom is -0.508 e. The van der Waals surface area contributed by atoms with E-state index in [2.05, 4.69) is 0 Å². The van der Waals surface area contributed by atoms with Crippen LogP contribution in [0.1, 0.15) is 38.2 Å². The summed E-state index contributed by atoms with van der Waals surface area (Å²) in [6, 6.07) is 2.88. The Morgan fingerprint density at radius 3 is 2.29 bits per heavy atom. The van der Waals surface area contributed by atoms with Gasteiger partial charge in [0, 0.05) is 46.9 Å². The molecule has 1 aromatic rings. The number of hydrogen-bond acceptors (Lipinski definition) is 7. The molecule has 1 fully saturated rings. The second-order valence-corrected chi connectivity index (χ2v) is 9.41. The third kappa shape index (κ3) is 3.19. The minimum atomic E-state index is -0.713. The fourth-order valence-electron chi connectivity index (χ4n) is 6.30. The summed E-state index contributed by atoms with van der Waals surface area (Å²) in [5.41, 5.74) is 2.37. The summed E-state index contributed by atoms with van der Waals surface area (Å²) >= 11 is 0. The average molecular weight is 478 g/mol.